The van der Waals surface area contributed by atoms with E-state index in [1.165, 1.54) is 0 Å². The van der Waals surface area contributed by atoms with E-state index in [1.807, 2.05) is 6.92 Å². The molecule has 0 aliphatic heterocycles. The number of hydrogen-bond donors (Lipinski definition) is 0. The molecule has 0 atom stereocenters. The van der Waals surface area contributed by atoms with Crippen LogP contribution in [0.2, 0.25) is 10.0 Å². The van der Waals surface area contributed by atoms with Crippen LogP contribution in [0.1, 0.15) is 58.4 Å². The Labute approximate surface area is 240 Å². The van der Waals surface area contributed by atoms with Crippen molar-refractivity contribution < 1.29 is 28.5 Å². The SMILES string of the molecule is CCOC(=O)c1c(C)nc(C)c(C(=O)OCC)c1-c1cc(Br)c(OCc2ccc(Cl)cc2Cl)c(OCC)c1. The highest BCUT2D eigenvalue weighted by molar-refractivity contribution is 9.10. The Morgan fingerprint density at radius 2 is 1.47 bits per heavy atom. The van der Waals surface area contributed by atoms with Crippen LogP contribution in [0.25, 0.3) is 11.1 Å². The molecule has 0 amide bonds. The van der Waals surface area contributed by atoms with Gasteiger partial charge in [-0.2, -0.15) is 0 Å². The Morgan fingerprint density at radius 3 is 2.00 bits per heavy atom. The van der Waals surface area contributed by atoms with Crippen LogP contribution in [0.15, 0.2) is 34.8 Å². The number of benzene rings is 2. The van der Waals surface area contributed by atoms with Gasteiger partial charge in [-0.1, -0.05) is 29.3 Å². The van der Waals surface area contributed by atoms with E-state index in [0.29, 0.717) is 55.1 Å². The van der Waals surface area contributed by atoms with Crippen LogP contribution < -0.4 is 9.47 Å². The second kappa shape index (κ2) is 13.3. The maximum Gasteiger partial charge on any atom is 0.340 e. The summed E-state index contributed by atoms with van der Waals surface area (Å²) in [6, 6.07) is 8.63. The monoisotopic (exact) mass is 623 g/mol. The fourth-order valence-electron chi connectivity index (χ4n) is 3.95. The van der Waals surface area contributed by atoms with Gasteiger partial charge in [0.2, 0.25) is 0 Å². The number of aryl methyl sites for hydroxylation is 2. The largest absolute Gasteiger partial charge is 0.490 e. The molecule has 0 radical (unpaired) electrons. The number of rotatable bonds is 10. The molecular weight excluding hydrogens is 597 g/mol. The summed E-state index contributed by atoms with van der Waals surface area (Å²) < 4.78 is 23.2. The van der Waals surface area contributed by atoms with Crippen LogP contribution in [0, 0.1) is 13.8 Å². The molecule has 2 aromatic carbocycles. The minimum Gasteiger partial charge on any atom is -0.490 e. The molecule has 0 bridgehead atoms. The van der Waals surface area contributed by atoms with Gasteiger partial charge in [-0.15, -0.1) is 0 Å². The number of esters is 2. The van der Waals surface area contributed by atoms with Crippen molar-refractivity contribution in [2.45, 2.75) is 41.2 Å². The number of aromatic nitrogens is 1. The molecule has 3 aromatic rings. The van der Waals surface area contributed by atoms with Gasteiger partial charge in [0.25, 0.3) is 0 Å². The van der Waals surface area contributed by atoms with Crippen molar-refractivity contribution >= 4 is 51.1 Å². The summed E-state index contributed by atoms with van der Waals surface area (Å²) in [7, 11) is 0. The van der Waals surface area contributed by atoms with E-state index in [4.69, 9.17) is 42.1 Å². The quantitative estimate of drug-likeness (QED) is 0.213. The van der Waals surface area contributed by atoms with Crippen molar-refractivity contribution in [3.8, 4) is 22.6 Å². The van der Waals surface area contributed by atoms with Crippen LogP contribution >= 0.6 is 39.1 Å². The Morgan fingerprint density at radius 1 is 0.868 bits per heavy atom. The van der Waals surface area contributed by atoms with Crippen LogP contribution in [0.5, 0.6) is 11.5 Å². The number of nitrogens with zero attached hydrogens (tertiary/aromatic N) is 1. The van der Waals surface area contributed by atoms with Gasteiger partial charge in [-0.3, -0.25) is 4.98 Å². The predicted octanol–water partition coefficient (Wildman–Crippen LogP) is 7.77. The van der Waals surface area contributed by atoms with Gasteiger partial charge in [-0.25, -0.2) is 9.59 Å². The first kappa shape index (κ1) is 29.7. The molecule has 7 nitrogen and oxygen atoms in total. The lowest BCUT2D eigenvalue weighted by Crippen LogP contribution is -2.17. The molecule has 0 N–H and O–H groups in total. The lowest BCUT2D eigenvalue weighted by Gasteiger charge is -2.20. The standard InChI is InChI=1S/C28H28BrCl2NO6/c1-6-35-22-12-18(11-20(29)26(22)38-14-17-9-10-19(30)13-21(17)31)25-23(27(33)36-7-2)15(4)32-16(5)24(25)28(34)37-8-3/h9-13H,6-8,14H2,1-5H3. The van der Waals surface area contributed by atoms with E-state index < -0.39 is 11.9 Å². The second-order valence-corrected chi connectivity index (χ2v) is 9.79. The summed E-state index contributed by atoms with van der Waals surface area (Å²) >= 11 is 15.9. The number of carbonyl (C=O) groups is 2. The molecule has 1 heterocycles. The van der Waals surface area contributed by atoms with Gasteiger partial charge >= 0.3 is 11.9 Å². The summed E-state index contributed by atoms with van der Waals surface area (Å²) in [5, 5.41) is 1.00. The van der Waals surface area contributed by atoms with Gasteiger partial charge in [0.05, 0.1) is 46.8 Å². The van der Waals surface area contributed by atoms with Crippen molar-refractivity contribution in [2.24, 2.45) is 0 Å². The Hall–Kier alpha value is -2.81. The first-order chi connectivity index (χ1) is 18.1. The molecule has 3 rings (SSSR count). The molecule has 0 aliphatic rings. The summed E-state index contributed by atoms with van der Waals surface area (Å²) in [6.45, 7) is 9.49. The molecule has 0 spiro atoms. The van der Waals surface area contributed by atoms with Gasteiger partial charge in [0.15, 0.2) is 11.5 Å². The first-order valence-corrected chi connectivity index (χ1v) is 13.6. The fourth-order valence-corrected chi connectivity index (χ4v) is 4.97. The maximum absolute atomic E-state index is 13.1. The van der Waals surface area contributed by atoms with Crippen LogP contribution in [-0.4, -0.2) is 36.7 Å². The third-order valence-electron chi connectivity index (χ3n) is 5.50. The lowest BCUT2D eigenvalue weighted by atomic mass is 9.92. The van der Waals surface area contributed by atoms with Crippen molar-refractivity contribution in [2.75, 3.05) is 19.8 Å². The van der Waals surface area contributed by atoms with Gasteiger partial charge in [0, 0.05) is 21.2 Å². The minimum atomic E-state index is -0.593. The highest BCUT2D eigenvalue weighted by Crippen LogP contribution is 2.43. The Balaban J connectivity index is 2.21. The Kier molecular flexibility index (Phi) is 10.4. The summed E-state index contributed by atoms with van der Waals surface area (Å²) in [6.07, 6.45) is 0. The van der Waals surface area contributed by atoms with E-state index in [1.54, 1.807) is 58.0 Å². The topological polar surface area (TPSA) is 84.0 Å². The second-order valence-electron chi connectivity index (χ2n) is 8.09. The van der Waals surface area contributed by atoms with E-state index in [9.17, 15) is 9.59 Å². The summed E-state index contributed by atoms with van der Waals surface area (Å²) in [5.74, 6) is -0.354. The minimum absolute atomic E-state index is 0.156. The van der Waals surface area contributed by atoms with Crippen molar-refractivity contribution in [3.05, 3.63) is 72.9 Å². The maximum atomic E-state index is 13.1. The molecule has 0 saturated carbocycles. The van der Waals surface area contributed by atoms with E-state index >= 15 is 0 Å². The highest BCUT2D eigenvalue weighted by atomic mass is 79.9. The number of halogens is 3. The predicted molar refractivity (Wildman–Crippen MR) is 151 cm³/mol. The molecule has 10 heteroatoms. The molecule has 0 unspecified atom stereocenters. The zero-order valence-corrected chi connectivity index (χ0v) is 24.8. The van der Waals surface area contributed by atoms with E-state index in [-0.39, 0.29) is 30.9 Å². The van der Waals surface area contributed by atoms with Gasteiger partial charge in [0.1, 0.15) is 6.61 Å². The number of pyridine rings is 1. The lowest BCUT2D eigenvalue weighted by molar-refractivity contribution is 0.0525. The van der Waals surface area contributed by atoms with Crippen LogP contribution in [0.3, 0.4) is 0 Å². The highest BCUT2D eigenvalue weighted by Gasteiger charge is 2.29. The summed E-state index contributed by atoms with van der Waals surface area (Å²) in [5.41, 5.74) is 2.82. The van der Waals surface area contributed by atoms with Gasteiger partial charge < -0.3 is 18.9 Å². The normalized spacial score (nSPS) is 10.7. The number of carbonyl (C=O) groups excluding carboxylic acids is 2. The average Bonchev–Trinajstić information content (AvgIpc) is 2.84. The zero-order valence-electron chi connectivity index (χ0n) is 21.7. The first-order valence-electron chi connectivity index (χ1n) is 12.0. The number of hydrogen-bond acceptors (Lipinski definition) is 7. The van der Waals surface area contributed by atoms with Crippen LogP contribution in [0.4, 0.5) is 0 Å². The number of ether oxygens (including phenoxy) is 4. The van der Waals surface area contributed by atoms with Crippen molar-refractivity contribution in [1.82, 2.24) is 4.98 Å². The third-order valence-corrected chi connectivity index (χ3v) is 6.68. The molecule has 202 valence electrons. The van der Waals surface area contributed by atoms with Crippen molar-refractivity contribution in [1.29, 1.82) is 0 Å². The fraction of sp³-hybridized carbons (Fsp3) is 0.321. The average molecular weight is 625 g/mol. The molecule has 1 aromatic heterocycles. The molecular formula is C28H28BrCl2NO6. The zero-order chi connectivity index (χ0) is 28.0. The molecule has 0 saturated heterocycles. The molecule has 38 heavy (non-hydrogen) atoms. The van der Waals surface area contributed by atoms with Gasteiger partial charge in [-0.05, 0) is 80.4 Å². The molecule has 0 fully saturated rings. The third kappa shape index (κ3) is 6.60. The smallest absolute Gasteiger partial charge is 0.340 e. The molecule has 0 aliphatic carbocycles. The Bertz CT molecular complexity index is 1320. The van der Waals surface area contributed by atoms with E-state index in [0.717, 1.165) is 5.56 Å². The summed E-state index contributed by atoms with van der Waals surface area (Å²) in [4.78, 5) is 30.6. The van der Waals surface area contributed by atoms with Crippen molar-refractivity contribution in [3.63, 3.8) is 0 Å². The van der Waals surface area contributed by atoms with Crippen LogP contribution in [-0.2, 0) is 16.1 Å². The van der Waals surface area contributed by atoms with E-state index in [2.05, 4.69) is 20.9 Å².